The molecule has 1 N–H and O–H groups in total. The van der Waals surface area contributed by atoms with Crippen LogP contribution in [0.1, 0.15) is 23.4 Å². The van der Waals surface area contributed by atoms with Crippen LogP contribution in [0.3, 0.4) is 0 Å². The van der Waals surface area contributed by atoms with Crippen molar-refractivity contribution in [2.45, 2.75) is 12.8 Å². The van der Waals surface area contributed by atoms with Crippen molar-refractivity contribution in [1.29, 1.82) is 0 Å². The topological polar surface area (TPSA) is 76.0 Å². The van der Waals surface area contributed by atoms with Gasteiger partial charge in [-0.15, -0.1) is 0 Å². The van der Waals surface area contributed by atoms with Crippen molar-refractivity contribution < 1.29 is 13.2 Å². The summed E-state index contributed by atoms with van der Waals surface area (Å²) in [7, 11) is 0. The normalized spacial score (nSPS) is 11.2. The van der Waals surface area contributed by atoms with Crippen molar-refractivity contribution in [3.05, 3.63) is 98.4 Å². The fourth-order valence-electron chi connectivity index (χ4n) is 3.12. The molecule has 0 fully saturated rings. The maximum absolute atomic E-state index is 12.9. The number of rotatable bonds is 4. The molecule has 4 rings (SSSR count). The number of H-pyrrole nitrogens is 1. The van der Waals surface area contributed by atoms with Crippen LogP contribution in [-0.2, 0) is 6.42 Å². The predicted octanol–water partition coefficient (Wildman–Crippen LogP) is 4.07. The molecule has 140 valence electrons. The van der Waals surface area contributed by atoms with E-state index in [1.54, 1.807) is 0 Å². The molecular weight excluding hydrogens is 366 g/mol. The number of nitrogens with zero attached hydrogens (tertiary/aromatic N) is 1. The molecule has 0 unspecified atom stereocenters. The number of benzene rings is 2. The third-order valence-corrected chi connectivity index (χ3v) is 4.35. The number of alkyl halides is 2. The second-order valence-electron chi connectivity index (χ2n) is 6.27. The Kier molecular flexibility index (Phi) is 4.57. The number of hydrogen-bond acceptors (Lipinski definition) is 4. The lowest BCUT2D eigenvalue weighted by Crippen LogP contribution is -2.16. The first-order valence-corrected chi connectivity index (χ1v) is 8.51. The SMILES string of the molecule is O=c1cc(Cc2cccc(-c3ccccc3)c2)c2c(=O)[nH]c(C(F)F)nc2o1. The Bertz CT molecular complexity index is 1260. The van der Waals surface area contributed by atoms with Crippen molar-refractivity contribution >= 4 is 11.1 Å². The van der Waals surface area contributed by atoms with Gasteiger partial charge in [0.15, 0.2) is 5.82 Å². The highest BCUT2D eigenvalue weighted by Gasteiger charge is 2.17. The van der Waals surface area contributed by atoms with Crippen LogP contribution in [0, 0.1) is 0 Å². The lowest BCUT2D eigenvalue weighted by Gasteiger charge is -2.08. The van der Waals surface area contributed by atoms with E-state index in [2.05, 4.69) is 9.97 Å². The molecule has 0 amide bonds. The molecule has 0 radical (unpaired) electrons. The van der Waals surface area contributed by atoms with E-state index >= 15 is 0 Å². The molecule has 7 heteroatoms. The highest BCUT2D eigenvalue weighted by atomic mass is 19.3. The molecule has 0 bridgehead atoms. The summed E-state index contributed by atoms with van der Waals surface area (Å²) < 4.78 is 30.6. The fourth-order valence-corrected chi connectivity index (χ4v) is 3.12. The predicted molar refractivity (Wildman–Crippen MR) is 101 cm³/mol. The van der Waals surface area contributed by atoms with Gasteiger partial charge in [-0.25, -0.2) is 13.6 Å². The lowest BCUT2D eigenvalue weighted by molar-refractivity contribution is 0.140. The number of nitrogens with one attached hydrogen (secondary N) is 1. The number of halogens is 2. The second-order valence-corrected chi connectivity index (χ2v) is 6.27. The summed E-state index contributed by atoms with van der Waals surface area (Å²) in [5, 5.41) is -0.00545. The zero-order chi connectivity index (χ0) is 19.7. The van der Waals surface area contributed by atoms with Crippen LogP contribution in [0.15, 0.2) is 74.7 Å². The van der Waals surface area contributed by atoms with Crippen LogP contribution in [0.5, 0.6) is 0 Å². The Morgan fingerprint density at radius 3 is 2.46 bits per heavy atom. The number of hydrogen-bond donors (Lipinski definition) is 1. The zero-order valence-corrected chi connectivity index (χ0v) is 14.5. The van der Waals surface area contributed by atoms with Crippen LogP contribution in [0.4, 0.5) is 8.78 Å². The van der Waals surface area contributed by atoms with Gasteiger partial charge < -0.3 is 9.40 Å². The molecule has 28 heavy (non-hydrogen) atoms. The maximum Gasteiger partial charge on any atom is 0.337 e. The molecule has 2 heterocycles. The van der Waals surface area contributed by atoms with Gasteiger partial charge in [0.25, 0.3) is 12.0 Å². The molecule has 0 spiro atoms. The van der Waals surface area contributed by atoms with Crippen molar-refractivity contribution in [3.8, 4) is 11.1 Å². The van der Waals surface area contributed by atoms with E-state index < -0.39 is 23.4 Å². The molecule has 0 saturated carbocycles. The molecular formula is C21H14F2N2O3. The average Bonchev–Trinajstić information content (AvgIpc) is 2.68. The Morgan fingerprint density at radius 1 is 0.964 bits per heavy atom. The van der Waals surface area contributed by atoms with Crippen molar-refractivity contribution in [3.63, 3.8) is 0 Å². The standard InChI is InChI=1S/C21H14F2N2O3/c22-18(23)19-24-20(27)17-15(11-16(26)28-21(17)25-19)10-12-5-4-8-14(9-12)13-6-2-1-3-7-13/h1-9,11,18H,10H2,(H,24,25,27). The maximum atomic E-state index is 12.9. The van der Waals surface area contributed by atoms with Gasteiger partial charge in [-0.1, -0.05) is 54.6 Å². The summed E-state index contributed by atoms with van der Waals surface area (Å²) >= 11 is 0. The van der Waals surface area contributed by atoms with Crippen molar-refractivity contribution in [2.75, 3.05) is 0 Å². The highest BCUT2D eigenvalue weighted by molar-refractivity contribution is 5.76. The molecule has 2 aromatic heterocycles. The zero-order valence-electron chi connectivity index (χ0n) is 14.5. The van der Waals surface area contributed by atoms with Crippen LogP contribution in [-0.4, -0.2) is 9.97 Å². The molecule has 0 atom stereocenters. The van der Waals surface area contributed by atoms with Crippen LogP contribution < -0.4 is 11.2 Å². The first kappa shape index (κ1) is 17.8. The van der Waals surface area contributed by atoms with Gasteiger partial charge in [-0.05, 0) is 28.7 Å². The Hall–Kier alpha value is -3.61. The van der Waals surface area contributed by atoms with E-state index in [9.17, 15) is 18.4 Å². The van der Waals surface area contributed by atoms with E-state index in [1.807, 2.05) is 54.6 Å². The summed E-state index contributed by atoms with van der Waals surface area (Å²) in [4.78, 5) is 29.8. The molecule has 0 saturated heterocycles. The average molecular weight is 380 g/mol. The number of aromatic nitrogens is 2. The van der Waals surface area contributed by atoms with Gasteiger partial charge in [-0.3, -0.25) is 4.79 Å². The Labute approximate surface area is 157 Å². The first-order chi connectivity index (χ1) is 13.5. The quantitative estimate of drug-likeness (QED) is 0.579. The van der Waals surface area contributed by atoms with Gasteiger partial charge in [0, 0.05) is 6.07 Å². The summed E-state index contributed by atoms with van der Waals surface area (Å²) in [5.41, 5.74) is 1.33. The first-order valence-electron chi connectivity index (χ1n) is 8.51. The summed E-state index contributed by atoms with van der Waals surface area (Å²) in [5.74, 6) is -0.830. The Morgan fingerprint density at radius 2 is 1.71 bits per heavy atom. The minimum absolute atomic E-state index is 0.00545. The molecule has 2 aromatic carbocycles. The molecule has 4 aromatic rings. The van der Waals surface area contributed by atoms with Gasteiger partial charge in [-0.2, -0.15) is 4.98 Å². The van der Waals surface area contributed by atoms with Gasteiger partial charge in [0.1, 0.15) is 5.39 Å². The highest BCUT2D eigenvalue weighted by Crippen LogP contribution is 2.23. The van der Waals surface area contributed by atoms with E-state index in [-0.39, 0.29) is 17.5 Å². The van der Waals surface area contributed by atoms with Crippen molar-refractivity contribution in [2.24, 2.45) is 0 Å². The van der Waals surface area contributed by atoms with Crippen LogP contribution in [0.2, 0.25) is 0 Å². The third kappa shape index (κ3) is 3.46. The van der Waals surface area contributed by atoms with Gasteiger partial charge >= 0.3 is 5.63 Å². The van der Waals surface area contributed by atoms with E-state index in [0.29, 0.717) is 5.56 Å². The van der Waals surface area contributed by atoms with Crippen LogP contribution in [0.25, 0.3) is 22.2 Å². The summed E-state index contributed by atoms with van der Waals surface area (Å²) in [6.07, 6.45) is -2.73. The number of fused-ring (bicyclic) bond motifs is 1. The van der Waals surface area contributed by atoms with Crippen molar-refractivity contribution in [1.82, 2.24) is 9.97 Å². The largest absolute Gasteiger partial charge is 0.403 e. The minimum Gasteiger partial charge on any atom is -0.403 e. The summed E-state index contributed by atoms with van der Waals surface area (Å²) in [6.45, 7) is 0. The number of aromatic amines is 1. The second kappa shape index (κ2) is 7.19. The summed E-state index contributed by atoms with van der Waals surface area (Å²) in [6, 6.07) is 18.6. The molecule has 5 nitrogen and oxygen atoms in total. The minimum atomic E-state index is -2.98. The molecule has 0 aliphatic heterocycles. The van der Waals surface area contributed by atoms with Gasteiger partial charge in [0.05, 0.1) is 0 Å². The Balaban J connectivity index is 1.81. The molecule has 0 aliphatic rings. The van der Waals surface area contributed by atoms with E-state index in [0.717, 1.165) is 16.7 Å². The monoisotopic (exact) mass is 380 g/mol. The lowest BCUT2D eigenvalue weighted by atomic mass is 9.98. The third-order valence-electron chi connectivity index (χ3n) is 4.35. The molecule has 0 aliphatic carbocycles. The smallest absolute Gasteiger partial charge is 0.337 e. The van der Waals surface area contributed by atoms with E-state index in [4.69, 9.17) is 4.42 Å². The fraction of sp³-hybridized carbons (Fsp3) is 0.0952. The van der Waals surface area contributed by atoms with Gasteiger partial charge in [0.2, 0.25) is 5.71 Å². The van der Waals surface area contributed by atoms with E-state index in [1.165, 1.54) is 6.07 Å². The van der Waals surface area contributed by atoms with Crippen LogP contribution >= 0.6 is 0 Å².